The molecule has 0 radical (unpaired) electrons. The van der Waals surface area contributed by atoms with Gasteiger partial charge in [-0.3, -0.25) is 4.79 Å². The van der Waals surface area contributed by atoms with Crippen LogP contribution < -0.4 is 5.32 Å². The molecule has 4 rings (SSSR count). The molecule has 2 atom stereocenters. The molecule has 2 amide bonds. The van der Waals surface area contributed by atoms with E-state index in [4.69, 9.17) is 9.47 Å². The predicted octanol–water partition coefficient (Wildman–Crippen LogP) is 4.03. The van der Waals surface area contributed by atoms with Gasteiger partial charge in [0.05, 0.1) is 18.2 Å². The van der Waals surface area contributed by atoms with Crippen molar-refractivity contribution in [3.8, 4) is 16.9 Å². The van der Waals surface area contributed by atoms with E-state index in [1.54, 1.807) is 62.1 Å². The fourth-order valence-corrected chi connectivity index (χ4v) is 4.88. The Bertz CT molecular complexity index is 1080. The summed E-state index contributed by atoms with van der Waals surface area (Å²) in [4.78, 5) is 27.1. The number of phenolic OH excluding ortho intramolecular Hbond substituents is 1. The summed E-state index contributed by atoms with van der Waals surface area (Å²) in [5, 5.41) is 13.3. The number of ether oxygens (including phenoxy) is 2. The van der Waals surface area contributed by atoms with Crippen molar-refractivity contribution in [3.63, 3.8) is 0 Å². The second kappa shape index (κ2) is 9.25. The van der Waals surface area contributed by atoms with E-state index < -0.39 is 29.1 Å². The summed E-state index contributed by atoms with van der Waals surface area (Å²) in [6, 6.07) is 11.0. The van der Waals surface area contributed by atoms with Gasteiger partial charge in [0.15, 0.2) is 0 Å². The van der Waals surface area contributed by atoms with Gasteiger partial charge in [-0.2, -0.15) is 0 Å². The molecule has 34 heavy (non-hydrogen) atoms. The van der Waals surface area contributed by atoms with E-state index in [1.807, 2.05) is 0 Å². The Balaban J connectivity index is 1.73. The lowest BCUT2D eigenvalue weighted by molar-refractivity contribution is -0.141. The van der Waals surface area contributed by atoms with Crippen LogP contribution in [0.1, 0.15) is 39.2 Å². The Morgan fingerprint density at radius 3 is 2.68 bits per heavy atom. The van der Waals surface area contributed by atoms with Gasteiger partial charge >= 0.3 is 6.09 Å². The highest BCUT2D eigenvalue weighted by atomic mass is 19.1. The highest BCUT2D eigenvalue weighted by molar-refractivity contribution is 5.79. The SMILES string of the molecule is CC(C)(C)OC(=O)N1CCCC2(COCC(=O)N2)C1Cc1cccc(-c2ccccc2O)c1F. The van der Waals surface area contributed by atoms with Gasteiger partial charge in [-0.15, -0.1) is 0 Å². The Hall–Kier alpha value is -3.13. The minimum atomic E-state index is -0.845. The molecule has 2 unspecified atom stereocenters. The maximum atomic E-state index is 15.8. The van der Waals surface area contributed by atoms with Crippen LogP contribution in [0.5, 0.6) is 5.75 Å². The number of halogens is 1. The Labute approximate surface area is 198 Å². The van der Waals surface area contributed by atoms with Gasteiger partial charge in [-0.05, 0) is 51.7 Å². The van der Waals surface area contributed by atoms with Crippen LogP contribution in [0.3, 0.4) is 0 Å². The van der Waals surface area contributed by atoms with E-state index in [0.29, 0.717) is 30.5 Å². The van der Waals surface area contributed by atoms with Gasteiger partial charge < -0.3 is 24.8 Å². The second-order valence-corrected chi connectivity index (χ2v) is 9.99. The average molecular weight is 471 g/mol. The molecule has 2 aromatic carbocycles. The van der Waals surface area contributed by atoms with Crippen LogP contribution in [0.25, 0.3) is 11.1 Å². The minimum Gasteiger partial charge on any atom is -0.507 e. The zero-order chi connectivity index (χ0) is 24.5. The molecule has 2 heterocycles. The van der Waals surface area contributed by atoms with Gasteiger partial charge in [0, 0.05) is 17.7 Å². The van der Waals surface area contributed by atoms with Crippen molar-refractivity contribution in [2.75, 3.05) is 19.8 Å². The number of para-hydroxylation sites is 1. The standard InChI is InChI=1S/C26H31FN2O5/c1-25(2,3)34-24(32)29-13-7-12-26(16-33-15-22(31)28-26)21(29)14-17-8-6-10-19(23(17)27)18-9-4-5-11-20(18)30/h4-6,8-11,21,30H,7,12-16H2,1-3H3,(H,28,31). The topological polar surface area (TPSA) is 88.1 Å². The lowest BCUT2D eigenvalue weighted by Crippen LogP contribution is -2.71. The zero-order valence-electron chi connectivity index (χ0n) is 19.8. The van der Waals surface area contributed by atoms with E-state index in [0.717, 1.165) is 0 Å². The summed E-state index contributed by atoms with van der Waals surface area (Å²) in [5.74, 6) is -0.751. The Morgan fingerprint density at radius 1 is 1.24 bits per heavy atom. The van der Waals surface area contributed by atoms with Crippen LogP contribution in [0.4, 0.5) is 9.18 Å². The van der Waals surface area contributed by atoms with Crippen molar-refractivity contribution < 1.29 is 28.6 Å². The number of morpholine rings is 1. The summed E-state index contributed by atoms with van der Waals surface area (Å²) >= 11 is 0. The molecule has 7 nitrogen and oxygen atoms in total. The third-order valence-corrected chi connectivity index (χ3v) is 6.33. The molecule has 2 aliphatic rings. The maximum Gasteiger partial charge on any atom is 0.410 e. The second-order valence-electron chi connectivity index (χ2n) is 9.99. The number of amides is 2. The zero-order valence-corrected chi connectivity index (χ0v) is 19.8. The van der Waals surface area contributed by atoms with Crippen LogP contribution in [0.15, 0.2) is 42.5 Å². The number of nitrogens with zero attached hydrogens (tertiary/aromatic N) is 1. The Kier molecular flexibility index (Phi) is 6.53. The van der Waals surface area contributed by atoms with Crippen LogP contribution in [-0.2, 0) is 20.7 Å². The number of hydrogen-bond acceptors (Lipinski definition) is 5. The summed E-state index contributed by atoms with van der Waals surface area (Å²) in [6.45, 7) is 5.99. The van der Waals surface area contributed by atoms with Crippen molar-refractivity contribution in [1.29, 1.82) is 0 Å². The van der Waals surface area contributed by atoms with E-state index >= 15 is 4.39 Å². The van der Waals surface area contributed by atoms with E-state index in [1.165, 1.54) is 6.07 Å². The number of carbonyl (C=O) groups excluding carboxylic acids is 2. The number of aromatic hydroxyl groups is 1. The molecule has 2 aliphatic heterocycles. The van der Waals surface area contributed by atoms with Crippen molar-refractivity contribution >= 4 is 12.0 Å². The van der Waals surface area contributed by atoms with Crippen molar-refractivity contribution in [3.05, 3.63) is 53.8 Å². The van der Waals surface area contributed by atoms with Gasteiger partial charge in [0.2, 0.25) is 5.91 Å². The number of hydrogen-bond donors (Lipinski definition) is 2. The van der Waals surface area contributed by atoms with E-state index in [2.05, 4.69) is 5.32 Å². The quantitative estimate of drug-likeness (QED) is 0.707. The molecular formula is C26H31FN2O5. The largest absolute Gasteiger partial charge is 0.507 e. The Morgan fingerprint density at radius 2 is 1.97 bits per heavy atom. The molecule has 182 valence electrons. The van der Waals surface area contributed by atoms with Crippen LogP contribution in [0.2, 0.25) is 0 Å². The van der Waals surface area contributed by atoms with Crippen molar-refractivity contribution in [1.82, 2.24) is 10.2 Å². The summed E-state index contributed by atoms with van der Waals surface area (Å²) < 4.78 is 27.0. The molecule has 2 fully saturated rings. The number of benzene rings is 2. The fourth-order valence-electron chi connectivity index (χ4n) is 4.88. The third kappa shape index (κ3) is 4.87. The van der Waals surface area contributed by atoms with Gasteiger partial charge in [-0.25, -0.2) is 9.18 Å². The van der Waals surface area contributed by atoms with E-state index in [9.17, 15) is 14.7 Å². The summed E-state index contributed by atoms with van der Waals surface area (Å²) in [5.41, 5.74) is -0.511. The van der Waals surface area contributed by atoms with Crippen LogP contribution in [0, 0.1) is 5.82 Å². The molecule has 0 saturated carbocycles. The average Bonchev–Trinajstić information content (AvgIpc) is 2.76. The van der Waals surface area contributed by atoms with Gasteiger partial charge in [0.1, 0.15) is 23.8 Å². The summed E-state index contributed by atoms with van der Waals surface area (Å²) in [6.07, 6.45) is 0.896. The van der Waals surface area contributed by atoms with Gasteiger partial charge in [-0.1, -0.05) is 36.4 Å². The first-order chi connectivity index (χ1) is 16.1. The normalized spacial score (nSPS) is 23.0. The molecular weight excluding hydrogens is 439 g/mol. The van der Waals surface area contributed by atoms with Crippen LogP contribution in [-0.4, -0.2) is 58.9 Å². The van der Waals surface area contributed by atoms with Crippen LogP contribution >= 0.6 is 0 Å². The van der Waals surface area contributed by atoms with Gasteiger partial charge in [0.25, 0.3) is 0 Å². The highest BCUT2D eigenvalue weighted by Crippen LogP contribution is 2.36. The van der Waals surface area contributed by atoms with Crippen molar-refractivity contribution in [2.24, 2.45) is 0 Å². The molecule has 1 spiro atoms. The summed E-state index contributed by atoms with van der Waals surface area (Å²) in [7, 11) is 0. The smallest absolute Gasteiger partial charge is 0.410 e. The highest BCUT2D eigenvalue weighted by Gasteiger charge is 2.50. The number of piperidine rings is 1. The number of rotatable bonds is 3. The predicted molar refractivity (Wildman–Crippen MR) is 125 cm³/mol. The number of phenols is 1. The number of likely N-dealkylation sites (tertiary alicyclic amines) is 1. The maximum absolute atomic E-state index is 15.8. The molecule has 2 aromatic rings. The lowest BCUT2D eigenvalue weighted by atomic mass is 9.77. The third-order valence-electron chi connectivity index (χ3n) is 6.33. The van der Waals surface area contributed by atoms with E-state index in [-0.39, 0.29) is 36.9 Å². The van der Waals surface area contributed by atoms with Crippen molar-refractivity contribution in [2.45, 2.75) is 57.2 Å². The molecule has 0 bridgehead atoms. The lowest BCUT2D eigenvalue weighted by Gasteiger charge is -2.51. The molecule has 8 heteroatoms. The molecule has 0 aromatic heterocycles. The number of nitrogens with one attached hydrogen (secondary N) is 1. The molecule has 2 saturated heterocycles. The fraction of sp³-hybridized carbons (Fsp3) is 0.462. The minimum absolute atomic E-state index is 0.0176. The first kappa shape index (κ1) is 24.0. The first-order valence-electron chi connectivity index (χ1n) is 11.5. The number of carbonyl (C=O) groups is 2. The molecule has 2 N–H and O–H groups in total. The first-order valence-corrected chi connectivity index (χ1v) is 11.5. The monoisotopic (exact) mass is 470 g/mol. The molecule has 0 aliphatic carbocycles.